The summed E-state index contributed by atoms with van der Waals surface area (Å²) in [6.45, 7) is 2.05. The lowest BCUT2D eigenvalue weighted by Crippen LogP contribution is -2.43. The summed E-state index contributed by atoms with van der Waals surface area (Å²) in [5, 5.41) is 9.66. The maximum atomic E-state index is 12.8. The van der Waals surface area contributed by atoms with Crippen molar-refractivity contribution in [2.75, 3.05) is 6.61 Å². The van der Waals surface area contributed by atoms with Gasteiger partial charge in [0.1, 0.15) is 6.61 Å². The molecule has 0 unspecified atom stereocenters. The second-order valence-electron chi connectivity index (χ2n) is 8.03. The van der Waals surface area contributed by atoms with Crippen LogP contribution in [0.5, 0.6) is 0 Å². The van der Waals surface area contributed by atoms with Crippen LogP contribution >= 0.6 is 0 Å². The molecule has 0 saturated heterocycles. The van der Waals surface area contributed by atoms with Gasteiger partial charge in [0.2, 0.25) is 0 Å². The normalized spacial score (nSPS) is 14.4. The molecule has 4 rings (SSSR count). The Morgan fingerprint density at radius 3 is 2.03 bits per heavy atom. The fourth-order valence-corrected chi connectivity index (χ4v) is 4.27. The minimum absolute atomic E-state index is 0.0773. The Morgan fingerprint density at radius 2 is 1.48 bits per heavy atom. The van der Waals surface area contributed by atoms with E-state index in [1.165, 1.54) is 0 Å². The van der Waals surface area contributed by atoms with Gasteiger partial charge < -0.3 is 15.6 Å². The number of hydrogen-bond donors (Lipinski definition) is 2. The zero-order valence-corrected chi connectivity index (χ0v) is 17.3. The lowest BCUT2D eigenvalue weighted by atomic mass is 9.93. The molecule has 0 heterocycles. The lowest BCUT2D eigenvalue weighted by Gasteiger charge is -2.21. The fourth-order valence-electron chi connectivity index (χ4n) is 4.27. The van der Waals surface area contributed by atoms with E-state index in [2.05, 4.69) is 0 Å². The molecule has 158 valence electrons. The van der Waals surface area contributed by atoms with Crippen LogP contribution in [0.25, 0.3) is 11.1 Å². The summed E-state index contributed by atoms with van der Waals surface area (Å²) in [5.41, 5.74) is 12.5. The third kappa shape index (κ3) is 4.23. The molecule has 3 aromatic carbocycles. The predicted octanol–water partition coefficient (Wildman–Crippen LogP) is 3.92. The van der Waals surface area contributed by atoms with Crippen molar-refractivity contribution in [1.29, 1.82) is 0 Å². The molecule has 5 nitrogen and oxygen atoms in total. The Kier molecular flexibility index (Phi) is 5.87. The molecule has 0 saturated carbocycles. The molecular formula is C26H25NO4. The maximum absolute atomic E-state index is 12.8. The Labute approximate surface area is 181 Å². The first-order chi connectivity index (χ1) is 15.0. The van der Waals surface area contributed by atoms with Crippen molar-refractivity contribution < 1.29 is 19.4 Å². The van der Waals surface area contributed by atoms with Gasteiger partial charge in [0.15, 0.2) is 5.92 Å². The van der Waals surface area contributed by atoms with E-state index in [4.69, 9.17) is 10.5 Å². The van der Waals surface area contributed by atoms with Crippen molar-refractivity contribution in [3.8, 4) is 11.1 Å². The first kappa shape index (κ1) is 20.8. The van der Waals surface area contributed by atoms with Crippen LogP contribution in [0, 0.1) is 12.8 Å². The molecule has 0 aliphatic heterocycles. The fraction of sp³-hybridized carbons (Fsp3) is 0.231. The van der Waals surface area contributed by atoms with Gasteiger partial charge in [0, 0.05) is 12.0 Å². The molecule has 1 aliphatic carbocycles. The highest BCUT2D eigenvalue weighted by Gasteiger charge is 2.36. The van der Waals surface area contributed by atoms with Gasteiger partial charge in [-0.2, -0.15) is 0 Å². The number of aryl methyl sites for hydroxylation is 1. The average Bonchev–Trinajstić information content (AvgIpc) is 3.07. The highest BCUT2D eigenvalue weighted by molar-refractivity contribution is 5.95. The first-order valence-corrected chi connectivity index (χ1v) is 10.3. The summed E-state index contributed by atoms with van der Waals surface area (Å²) >= 11 is 0. The summed E-state index contributed by atoms with van der Waals surface area (Å²) in [6, 6.07) is 22.8. The van der Waals surface area contributed by atoms with Crippen LogP contribution < -0.4 is 5.73 Å². The van der Waals surface area contributed by atoms with Crippen LogP contribution in [-0.2, 0) is 20.7 Å². The number of nitrogens with two attached hydrogens (primary N) is 1. The van der Waals surface area contributed by atoms with Crippen LogP contribution in [0.1, 0.15) is 28.2 Å². The van der Waals surface area contributed by atoms with E-state index in [1.54, 1.807) is 0 Å². The molecule has 0 spiro atoms. The molecule has 0 amide bonds. The molecule has 31 heavy (non-hydrogen) atoms. The van der Waals surface area contributed by atoms with Crippen LogP contribution in [0.3, 0.4) is 0 Å². The number of aliphatic carboxylic acids is 1. The molecule has 3 N–H and O–H groups in total. The minimum Gasteiger partial charge on any atom is -0.481 e. The molecular weight excluding hydrogens is 390 g/mol. The minimum atomic E-state index is -1.42. The van der Waals surface area contributed by atoms with E-state index < -0.39 is 23.9 Å². The molecule has 0 fully saturated rings. The molecule has 0 radical (unpaired) electrons. The summed E-state index contributed by atoms with van der Waals surface area (Å²) in [7, 11) is 0. The number of carbonyl (C=O) groups is 2. The van der Waals surface area contributed by atoms with Gasteiger partial charge in [0.25, 0.3) is 0 Å². The monoisotopic (exact) mass is 415 g/mol. The molecule has 2 atom stereocenters. The van der Waals surface area contributed by atoms with Gasteiger partial charge in [-0.05, 0) is 41.2 Å². The predicted molar refractivity (Wildman–Crippen MR) is 119 cm³/mol. The van der Waals surface area contributed by atoms with E-state index in [0.29, 0.717) is 0 Å². The number of rotatable bonds is 7. The third-order valence-corrected chi connectivity index (χ3v) is 5.89. The SMILES string of the molecule is Cc1ccc(C[C@H](N)[C@H](C(=O)O)C(=O)OCC2c3ccccc3-c3ccccc32)cc1. The Hall–Kier alpha value is -3.44. The topological polar surface area (TPSA) is 89.6 Å². The van der Waals surface area contributed by atoms with Crippen LogP contribution in [-0.4, -0.2) is 29.7 Å². The largest absolute Gasteiger partial charge is 0.481 e. The Bertz CT molecular complexity index is 1060. The number of carboxylic acids is 1. The zero-order chi connectivity index (χ0) is 22.0. The van der Waals surface area contributed by atoms with E-state index in [1.807, 2.05) is 79.7 Å². The molecule has 1 aliphatic rings. The van der Waals surface area contributed by atoms with Crippen LogP contribution in [0.15, 0.2) is 72.8 Å². The maximum Gasteiger partial charge on any atom is 0.321 e. The molecule has 3 aromatic rings. The summed E-state index contributed by atoms with van der Waals surface area (Å²) < 4.78 is 5.54. The first-order valence-electron chi connectivity index (χ1n) is 10.3. The Balaban J connectivity index is 1.49. The van der Waals surface area contributed by atoms with Gasteiger partial charge >= 0.3 is 11.9 Å². The van der Waals surface area contributed by atoms with Gasteiger partial charge in [0.05, 0.1) is 0 Å². The van der Waals surface area contributed by atoms with Gasteiger partial charge in [-0.1, -0.05) is 78.4 Å². The standard InChI is InChI=1S/C26H25NO4/c1-16-10-12-17(13-11-16)14-23(27)24(25(28)29)26(30)31-15-22-20-8-4-2-6-18(20)19-7-3-5-9-21(19)22/h2-13,22-24H,14-15,27H2,1H3,(H,28,29)/t23-,24+/m0/s1. The van der Waals surface area contributed by atoms with Gasteiger partial charge in [-0.25, -0.2) is 0 Å². The summed E-state index contributed by atoms with van der Waals surface area (Å²) in [5.74, 6) is -3.61. The molecule has 0 bridgehead atoms. The van der Waals surface area contributed by atoms with Crippen molar-refractivity contribution in [2.24, 2.45) is 11.7 Å². The number of carbonyl (C=O) groups excluding carboxylic acids is 1. The average molecular weight is 415 g/mol. The summed E-state index contributed by atoms with van der Waals surface area (Å²) in [6.07, 6.45) is 0.279. The number of benzene rings is 3. The molecule has 5 heteroatoms. The lowest BCUT2D eigenvalue weighted by molar-refractivity contribution is -0.159. The third-order valence-electron chi connectivity index (χ3n) is 5.89. The van der Waals surface area contributed by atoms with Gasteiger partial charge in [-0.3, -0.25) is 9.59 Å². The highest BCUT2D eigenvalue weighted by atomic mass is 16.5. The molecule has 0 aromatic heterocycles. The van der Waals surface area contributed by atoms with E-state index >= 15 is 0 Å². The second-order valence-corrected chi connectivity index (χ2v) is 8.03. The second kappa shape index (κ2) is 8.74. The van der Waals surface area contributed by atoms with Gasteiger partial charge in [-0.15, -0.1) is 0 Å². The quantitative estimate of drug-likeness (QED) is 0.451. The van der Waals surface area contributed by atoms with E-state index in [-0.39, 0.29) is 18.9 Å². The smallest absolute Gasteiger partial charge is 0.321 e. The highest BCUT2D eigenvalue weighted by Crippen LogP contribution is 2.44. The van der Waals surface area contributed by atoms with Crippen LogP contribution in [0.2, 0.25) is 0 Å². The number of hydrogen-bond acceptors (Lipinski definition) is 4. The van der Waals surface area contributed by atoms with Crippen molar-refractivity contribution in [3.63, 3.8) is 0 Å². The number of ether oxygens (including phenoxy) is 1. The van der Waals surface area contributed by atoms with Crippen molar-refractivity contribution in [2.45, 2.75) is 25.3 Å². The summed E-state index contributed by atoms with van der Waals surface area (Å²) in [4.78, 5) is 24.6. The van der Waals surface area contributed by atoms with Crippen molar-refractivity contribution >= 4 is 11.9 Å². The zero-order valence-electron chi connectivity index (χ0n) is 17.3. The van der Waals surface area contributed by atoms with Crippen molar-refractivity contribution in [1.82, 2.24) is 0 Å². The Morgan fingerprint density at radius 1 is 0.935 bits per heavy atom. The number of esters is 1. The van der Waals surface area contributed by atoms with E-state index in [0.717, 1.165) is 33.4 Å². The number of fused-ring (bicyclic) bond motifs is 3. The van der Waals surface area contributed by atoms with E-state index in [9.17, 15) is 14.7 Å². The number of carboxylic acid groups (broad SMARTS) is 1. The van der Waals surface area contributed by atoms with Crippen molar-refractivity contribution in [3.05, 3.63) is 95.1 Å². The van der Waals surface area contributed by atoms with Crippen LogP contribution in [0.4, 0.5) is 0 Å².